The smallest absolute Gasteiger partial charge is 0.337 e. The summed E-state index contributed by atoms with van der Waals surface area (Å²) >= 11 is 0. The van der Waals surface area contributed by atoms with E-state index in [1.165, 1.54) is 12.5 Å². The van der Waals surface area contributed by atoms with Gasteiger partial charge in [-0.15, -0.1) is 0 Å². The molecular weight excluding hydrogens is 554 g/mol. The standard InChI is InChI=1S/C30H37N7O4S/c1-18-19(2)35-36-27(18)34-28-22-14-25(42(40)30(3,4)5)24(15-23(22)32-17-33-28)41-13-10-20-8-11-37(12-9-20)26-7-6-21(16-31-26)29(38)39/h6-7,14-17,20H,8-13H2,1-5H3,(H,38,39)(H2,32,33,34,35,36). The van der Waals surface area contributed by atoms with Gasteiger partial charge in [0.15, 0.2) is 5.82 Å². The molecule has 1 saturated heterocycles. The summed E-state index contributed by atoms with van der Waals surface area (Å²) in [6, 6.07) is 7.10. The number of carboxylic acids is 1. The van der Waals surface area contributed by atoms with E-state index in [-0.39, 0.29) is 5.56 Å². The highest BCUT2D eigenvalue weighted by molar-refractivity contribution is 7.86. The van der Waals surface area contributed by atoms with Crippen molar-refractivity contribution < 1.29 is 18.8 Å². The fraction of sp³-hybridized carbons (Fsp3) is 0.433. The van der Waals surface area contributed by atoms with Crippen molar-refractivity contribution in [1.29, 1.82) is 0 Å². The molecule has 222 valence electrons. The van der Waals surface area contributed by atoms with Crippen LogP contribution in [0, 0.1) is 19.8 Å². The van der Waals surface area contributed by atoms with Gasteiger partial charge in [-0.1, -0.05) is 0 Å². The Hall–Kier alpha value is -4.06. The molecular formula is C30H37N7O4S. The van der Waals surface area contributed by atoms with Crippen molar-refractivity contribution in [3.63, 3.8) is 0 Å². The predicted octanol–water partition coefficient (Wildman–Crippen LogP) is 5.40. The van der Waals surface area contributed by atoms with Gasteiger partial charge in [0.1, 0.15) is 23.7 Å². The van der Waals surface area contributed by atoms with Crippen molar-refractivity contribution in [2.45, 2.75) is 63.5 Å². The zero-order valence-electron chi connectivity index (χ0n) is 24.6. The molecule has 12 heteroatoms. The second kappa shape index (κ2) is 12.0. The van der Waals surface area contributed by atoms with Crippen LogP contribution in [0.2, 0.25) is 0 Å². The number of carbonyl (C=O) groups is 1. The predicted molar refractivity (Wildman–Crippen MR) is 163 cm³/mol. The molecule has 0 aliphatic carbocycles. The van der Waals surface area contributed by atoms with Crippen LogP contribution in [0.25, 0.3) is 10.9 Å². The van der Waals surface area contributed by atoms with Gasteiger partial charge in [-0.3, -0.25) is 9.31 Å². The Morgan fingerprint density at radius 3 is 2.52 bits per heavy atom. The summed E-state index contributed by atoms with van der Waals surface area (Å²) in [6.07, 6.45) is 5.75. The monoisotopic (exact) mass is 591 g/mol. The Kier molecular flexibility index (Phi) is 8.44. The molecule has 5 rings (SSSR count). The highest BCUT2D eigenvalue weighted by Gasteiger charge is 2.27. The number of carboxylic acid groups (broad SMARTS) is 1. The maximum absolute atomic E-state index is 13.7. The minimum absolute atomic E-state index is 0.188. The molecule has 1 aromatic carbocycles. The fourth-order valence-electron chi connectivity index (χ4n) is 4.96. The molecule has 1 fully saturated rings. The number of nitrogens with zero attached hydrogens (tertiary/aromatic N) is 5. The minimum Gasteiger partial charge on any atom is -0.492 e. The number of hydrogen-bond acceptors (Lipinski definition) is 9. The summed E-state index contributed by atoms with van der Waals surface area (Å²) in [4.78, 5) is 27.2. The number of aromatic carboxylic acids is 1. The third kappa shape index (κ3) is 6.38. The van der Waals surface area contributed by atoms with E-state index in [9.17, 15) is 9.00 Å². The summed E-state index contributed by atoms with van der Waals surface area (Å²) in [5, 5.41) is 20.5. The third-order valence-electron chi connectivity index (χ3n) is 7.66. The van der Waals surface area contributed by atoms with Gasteiger partial charge in [0.05, 0.1) is 33.4 Å². The highest BCUT2D eigenvalue weighted by Crippen LogP contribution is 2.35. The molecule has 3 aromatic heterocycles. The molecule has 0 bridgehead atoms. The normalized spacial score (nSPS) is 15.1. The number of hydrogen-bond donors (Lipinski definition) is 3. The molecule has 4 aromatic rings. The van der Waals surface area contributed by atoms with E-state index < -0.39 is 21.5 Å². The lowest BCUT2D eigenvalue weighted by Crippen LogP contribution is -2.34. The van der Waals surface area contributed by atoms with Crippen molar-refractivity contribution in [2.75, 3.05) is 29.9 Å². The van der Waals surface area contributed by atoms with Gasteiger partial charge < -0.3 is 20.1 Å². The quantitative estimate of drug-likeness (QED) is 0.231. The molecule has 0 spiro atoms. The van der Waals surface area contributed by atoms with E-state index >= 15 is 0 Å². The molecule has 0 saturated carbocycles. The Morgan fingerprint density at radius 2 is 1.90 bits per heavy atom. The van der Waals surface area contributed by atoms with E-state index in [1.54, 1.807) is 12.1 Å². The van der Waals surface area contributed by atoms with Gasteiger partial charge in [-0.2, -0.15) is 5.10 Å². The zero-order chi connectivity index (χ0) is 30.0. The van der Waals surface area contributed by atoms with Gasteiger partial charge in [-0.05, 0) is 78.0 Å². The summed E-state index contributed by atoms with van der Waals surface area (Å²) in [5.74, 6) is 2.16. The molecule has 0 amide bonds. The maximum atomic E-state index is 13.7. The molecule has 42 heavy (non-hydrogen) atoms. The van der Waals surface area contributed by atoms with E-state index in [0.29, 0.717) is 40.3 Å². The summed E-state index contributed by atoms with van der Waals surface area (Å²) in [6.45, 7) is 12.0. The summed E-state index contributed by atoms with van der Waals surface area (Å²) in [5.41, 5.74) is 2.85. The molecule has 1 unspecified atom stereocenters. The van der Waals surface area contributed by atoms with Gasteiger partial charge >= 0.3 is 5.97 Å². The average molecular weight is 592 g/mol. The summed E-state index contributed by atoms with van der Waals surface area (Å²) in [7, 11) is -1.34. The highest BCUT2D eigenvalue weighted by atomic mass is 32.2. The van der Waals surface area contributed by atoms with Crippen molar-refractivity contribution >= 4 is 45.1 Å². The first-order valence-electron chi connectivity index (χ1n) is 14.1. The van der Waals surface area contributed by atoms with Crippen molar-refractivity contribution in [2.24, 2.45) is 5.92 Å². The number of anilines is 3. The van der Waals surface area contributed by atoms with Crippen LogP contribution in [0.1, 0.15) is 61.6 Å². The van der Waals surface area contributed by atoms with Crippen LogP contribution in [-0.4, -0.2) is 64.9 Å². The van der Waals surface area contributed by atoms with E-state index in [0.717, 1.165) is 54.8 Å². The maximum Gasteiger partial charge on any atom is 0.337 e. The number of pyridine rings is 1. The number of aryl methyl sites for hydroxylation is 1. The Morgan fingerprint density at radius 1 is 1.14 bits per heavy atom. The number of nitrogens with one attached hydrogen (secondary N) is 2. The molecule has 0 radical (unpaired) electrons. The first-order chi connectivity index (χ1) is 20.0. The number of ether oxygens (including phenoxy) is 1. The van der Waals surface area contributed by atoms with Crippen LogP contribution in [0.5, 0.6) is 5.75 Å². The van der Waals surface area contributed by atoms with E-state index in [2.05, 4.69) is 35.4 Å². The lowest BCUT2D eigenvalue weighted by molar-refractivity contribution is 0.0696. The van der Waals surface area contributed by atoms with Crippen LogP contribution >= 0.6 is 0 Å². The molecule has 4 heterocycles. The Balaban J connectivity index is 1.29. The number of piperidine rings is 1. The van der Waals surface area contributed by atoms with Crippen molar-refractivity contribution in [3.05, 3.63) is 53.6 Å². The van der Waals surface area contributed by atoms with Crippen LogP contribution in [0.15, 0.2) is 41.7 Å². The second-order valence-electron chi connectivity index (χ2n) is 11.6. The van der Waals surface area contributed by atoms with Crippen molar-refractivity contribution in [3.8, 4) is 5.75 Å². The van der Waals surface area contributed by atoms with E-state index in [4.69, 9.17) is 9.84 Å². The largest absolute Gasteiger partial charge is 0.492 e. The zero-order valence-corrected chi connectivity index (χ0v) is 25.4. The fourth-order valence-corrected chi connectivity index (χ4v) is 6.14. The van der Waals surface area contributed by atoms with Crippen molar-refractivity contribution in [1.82, 2.24) is 25.1 Å². The first-order valence-corrected chi connectivity index (χ1v) is 15.2. The van der Waals surface area contributed by atoms with Gasteiger partial charge in [0.25, 0.3) is 0 Å². The Bertz CT molecular complexity index is 1610. The Labute approximate surface area is 247 Å². The van der Waals surface area contributed by atoms with Gasteiger partial charge in [-0.25, -0.2) is 19.7 Å². The van der Waals surface area contributed by atoms with Crippen LogP contribution < -0.4 is 15.0 Å². The average Bonchev–Trinajstić information content (AvgIpc) is 3.28. The lowest BCUT2D eigenvalue weighted by atomic mass is 9.94. The molecule has 1 aliphatic rings. The van der Waals surface area contributed by atoms with Crippen LogP contribution in [0.4, 0.5) is 17.5 Å². The lowest BCUT2D eigenvalue weighted by Gasteiger charge is -2.32. The number of aromatic nitrogens is 5. The first kappa shape index (κ1) is 29.4. The molecule has 3 N–H and O–H groups in total. The van der Waals surface area contributed by atoms with E-state index in [1.807, 2.05) is 46.8 Å². The molecule has 11 nitrogen and oxygen atoms in total. The van der Waals surface area contributed by atoms with Gasteiger partial charge in [0, 0.05) is 46.7 Å². The minimum atomic E-state index is -1.34. The second-order valence-corrected chi connectivity index (χ2v) is 13.8. The van der Waals surface area contributed by atoms with Gasteiger partial charge in [0.2, 0.25) is 0 Å². The SMILES string of the molecule is Cc1[nH]nc(Nc2ncnc3cc(OCCC4CCN(c5ccc(C(=O)O)cn5)CC4)c(S(=O)C(C)(C)C)cc23)c1C. The topological polar surface area (TPSA) is 146 Å². The number of fused-ring (bicyclic) bond motifs is 1. The molecule has 1 aliphatic heterocycles. The number of rotatable bonds is 9. The molecule has 1 atom stereocenters. The number of H-pyrrole nitrogens is 1. The number of aromatic amines is 1. The van der Waals surface area contributed by atoms with Crippen LogP contribution in [0.3, 0.4) is 0 Å². The van der Waals surface area contributed by atoms with Crippen LogP contribution in [-0.2, 0) is 10.8 Å². The number of benzene rings is 1. The summed E-state index contributed by atoms with van der Waals surface area (Å²) < 4.78 is 19.5. The third-order valence-corrected chi connectivity index (χ3v) is 9.49.